The summed E-state index contributed by atoms with van der Waals surface area (Å²) in [5.41, 5.74) is 4.65. The Hall–Kier alpha value is -1.55. The van der Waals surface area contributed by atoms with Crippen LogP contribution in [0, 0.1) is 6.92 Å². The highest BCUT2D eigenvalue weighted by atomic mass is 35.5. The highest BCUT2D eigenvalue weighted by Gasteiger charge is 2.33. The topological polar surface area (TPSA) is 6.48 Å². The Labute approximate surface area is 194 Å². The maximum atomic E-state index is 6.69. The average Bonchev–Trinajstić information content (AvgIpc) is 2.71. The van der Waals surface area contributed by atoms with Gasteiger partial charge in [-0.2, -0.15) is 0 Å². The van der Waals surface area contributed by atoms with Crippen molar-refractivity contribution in [3.8, 4) is 0 Å². The van der Waals surface area contributed by atoms with Crippen LogP contribution >= 0.6 is 34.8 Å². The second-order valence-corrected chi connectivity index (χ2v) is 9.11. The van der Waals surface area contributed by atoms with Gasteiger partial charge < -0.3 is 0 Å². The van der Waals surface area contributed by atoms with Crippen molar-refractivity contribution in [3.63, 3.8) is 0 Å². The van der Waals surface area contributed by atoms with E-state index >= 15 is 0 Å². The second-order valence-electron chi connectivity index (χ2n) is 7.88. The smallest absolute Gasteiger partial charge is 0.0921 e. The van der Waals surface area contributed by atoms with E-state index in [1.165, 1.54) is 11.1 Å². The molecule has 0 amide bonds. The van der Waals surface area contributed by atoms with Gasteiger partial charge in [-0.25, -0.2) is 0 Å². The molecule has 0 unspecified atom stereocenters. The summed E-state index contributed by atoms with van der Waals surface area (Å²) < 4.78 is 0. The monoisotopic (exact) mass is 458 g/mol. The molecule has 1 aliphatic rings. The molecule has 156 valence electrons. The van der Waals surface area contributed by atoms with Gasteiger partial charge in [0.15, 0.2) is 0 Å². The van der Waals surface area contributed by atoms with Crippen molar-refractivity contribution < 1.29 is 0 Å². The number of halogens is 3. The molecule has 2 nitrogen and oxygen atoms in total. The van der Waals surface area contributed by atoms with Crippen LogP contribution in [0.1, 0.15) is 34.8 Å². The van der Waals surface area contributed by atoms with E-state index in [2.05, 4.69) is 47.1 Å². The lowest BCUT2D eigenvalue weighted by Crippen LogP contribution is -2.47. The SMILES string of the molecule is Cc1cccc(CN2CCCN(Cc3ccccc3Cl)[C@H]2c2c(Cl)cccc2Cl)c1. The molecule has 1 heterocycles. The molecule has 0 spiro atoms. The standard InChI is InChI=1S/C25H25Cl3N2/c1-18-7-4-8-19(15-18)16-29-13-6-14-30(17-20-9-2-3-10-21(20)26)25(29)24-22(27)11-5-12-23(24)28/h2-5,7-12,15,25H,6,13-14,16-17H2,1H3/t25-/m0/s1. The van der Waals surface area contributed by atoms with Crippen LogP contribution in [-0.4, -0.2) is 22.9 Å². The first-order valence-corrected chi connectivity index (χ1v) is 11.4. The minimum Gasteiger partial charge on any atom is -0.280 e. The molecule has 1 fully saturated rings. The van der Waals surface area contributed by atoms with Crippen molar-refractivity contribution in [3.05, 3.63) is 104 Å². The summed E-state index contributed by atoms with van der Waals surface area (Å²) in [5, 5.41) is 2.19. The van der Waals surface area contributed by atoms with E-state index in [4.69, 9.17) is 34.8 Å². The highest BCUT2D eigenvalue weighted by Crippen LogP contribution is 2.39. The third-order valence-corrected chi connectivity index (χ3v) is 6.67. The third-order valence-electron chi connectivity index (χ3n) is 5.64. The van der Waals surface area contributed by atoms with Crippen molar-refractivity contribution in [2.45, 2.75) is 32.6 Å². The summed E-state index contributed by atoms with van der Waals surface area (Å²) >= 11 is 19.9. The first-order valence-electron chi connectivity index (χ1n) is 10.2. The molecule has 0 radical (unpaired) electrons. The fourth-order valence-corrected chi connectivity index (χ4v) is 5.08. The molecule has 0 saturated carbocycles. The van der Waals surface area contributed by atoms with Gasteiger partial charge in [0, 0.05) is 46.8 Å². The van der Waals surface area contributed by atoms with Crippen LogP contribution in [0.15, 0.2) is 66.7 Å². The molecule has 0 bridgehead atoms. The van der Waals surface area contributed by atoms with Crippen LogP contribution in [0.4, 0.5) is 0 Å². The van der Waals surface area contributed by atoms with E-state index in [-0.39, 0.29) is 6.17 Å². The normalized spacial score (nSPS) is 17.9. The largest absolute Gasteiger partial charge is 0.280 e. The third kappa shape index (κ3) is 4.85. The number of hydrogen-bond acceptors (Lipinski definition) is 2. The number of hydrogen-bond donors (Lipinski definition) is 0. The summed E-state index contributed by atoms with van der Waals surface area (Å²) in [6, 6.07) is 22.5. The van der Waals surface area contributed by atoms with Crippen molar-refractivity contribution in [2.75, 3.05) is 13.1 Å². The quantitative estimate of drug-likeness (QED) is 0.393. The van der Waals surface area contributed by atoms with Gasteiger partial charge in [-0.05, 0) is 42.7 Å². The summed E-state index contributed by atoms with van der Waals surface area (Å²) in [6.07, 6.45) is 1.06. The summed E-state index contributed by atoms with van der Waals surface area (Å²) in [4.78, 5) is 4.91. The second kappa shape index (κ2) is 9.72. The minimum absolute atomic E-state index is 0.0169. The Kier molecular flexibility index (Phi) is 7.02. The van der Waals surface area contributed by atoms with Crippen LogP contribution < -0.4 is 0 Å². The molecule has 5 heteroatoms. The molecular weight excluding hydrogens is 435 g/mol. The summed E-state index contributed by atoms with van der Waals surface area (Å²) in [5.74, 6) is 0. The molecule has 0 aliphatic carbocycles. The molecule has 0 aromatic heterocycles. The lowest BCUT2D eigenvalue weighted by Gasteiger charge is -2.45. The van der Waals surface area contributed by atoms with Gasteiger partial charge in [0.05, 0.1) is 6.17 Å². The Morgan fingerprint density at radius 2 is 1.40 bits per heavy atom. The molecular formula is C25H25Cl3N2. The molecule has 3 aromatic rings. The molecule has 4 rings (SSSR count). The lowest BCUT2D eigenvalue weighted by molar-refractivity contribution is -0.00896. The van der Waals surface area contributed by atoms with E-state index in [0.717, 1.165) is 48.7 Å². The van der Waals surface area contributed by atoms with Crippen LogP contribution in [0.5, 0.6) is 0 Å². The predicted molar refractivity (Wildman–Crippen MR) is 127 cm³/mol. The highest BCUT2D eigenvalue weighted by molar-refractivity contribution is 6.36. The van der Waals surface area contributed by atoms with Gasteiger partial charge in [-0.15, -0.1) is 0 Å². The Morgan fingerprint density at radius 3 is 2.10 bits per heavy atom. The number of nitrogens with zero attached hydrogens (tertiary/aromatic N) is 2. The predicted octanol–water partition coefficient (Wildman–Crippen LogP) is 7.36. The zero-order valence-electron chi connectivity index (χ0n) is 17.0. The zero-order chi connectivity index (χ0) is 21.1. The van der Waals surface area contributed by atoms with Crippen LogP contribution in [0.25, 0.3) is 0 Å². The van der Waals surface area contributed by atoms with Gasteiger partial charge in [0.2, 0.25) is 0 Å². The number of aryl methyl sites for hydroxylation is 1. The van der Waals surface area contributed by atoms with Gasteiger partial charge in [0.25, 0.3) is 0 Å². The van der Waals surface area contributed by atoms with E-state index in [0.29, 0.717) is 10.0 Å². The molecule has 30 heavy (non-hydrogen) atoms. The van der Waals surface area contributed by atoms with Gasteiger partial charge in [-0.3, -0.25) is 9.80 Å². The number of benzene rings is 3. The molecule has 1 saturated heterocycles. The van der Waals surface area contributed by atoms with Crippen molar-refractivity contribution in [2.24, 2.45) is 0 Å². The van der Waals surface area contributed by atoms with Crippen LogP contribution in [0.2, 0.25) is 15.1 Å². The fourth-order valence-electron chi connectivity index (χ4n) is 4.30. The Bertz CT molecular complexity index is 1000. The van der Waals surface area contributed by atoms with Crippen LogP contribution in [0.3, 0.4) is 0 Å². The minimum atomic E-state index is -0.0169. The maximum absolute atomic E-state index is 6.69. The number of rotatable bonds is 5. The van der Waals surface area contributed by atoms with Crippen molar-refractivity contribution in [1.29, 1.82) is 0 Å². The fraction of sp³-hybridized carbons (Fsp3) is 0.280. The van der Waals surface area contributed by atoms with E-state index in [1.807, 2.05) is 36.4 Å². The van der Waals surface area contributed by atoms with Gasteiger partial charge >= 0.3 is 0 Å². The van der Waals surface area contributed by atoms with Crippen LogP contribution in [-0.2, 0) is 13.1 Å². The molecule has 1 aliphatic heterocycles. The first-order chi connectivity index (χ1) is 14.5. The summed E-state index contributed by atoms with van der Waals surface area (Å²) in [6.45, 7) is 5.66. The van der Waals surface area contributed by atoms with E-state index in [1.54, 1.807) is 0 Å². The van der Waals surface area contributed by atoms with Crippen molar-refractivity contribution >= 4 is 34.8 Å². The Balaban J connectivity index is 1.72. The lowest BCUT2D eigenvalue weighted by atomic mass is 10.0. The molecule has 1 atom stereocenters. The van der Waals surface area contributed by atoms with E-state index < -0.39 is 0 Å². The van der Waals surface area contributed by atoms with Gasteiger partial charge in [-0.1, -0.05) is 88.9 Å². The zero-order valence-corrected chi connectivity index (χ0v) is 19.3. The molecule has 0 N–H and O–H groups in total. The van der Waals surface area contributed by atoms with Gasteiger partial charge in [0.1, 0.15) is 0 Å². The average molecular weight is 460 g/mol. The van der Waals surface area contributed by atoms with E-state index in [9.17, 15) is 0 Å². The summed E-state index contributed by atoms with van der Waals surface area (Å²) in [7, 11) is 0. The maximum Gasteiger partial charge on any atom is 0.0921 e. The Morgan fingerprint density at radius 1 is 0.767 bits per heavy atom. The molecule has 3 aromatic carbocycles. The first kappa shape index (κ1) is 21.7. The van der Waals surface area contributed by atoms with Crippen molar-refractivity contribution in [1.82, 2.24) is 9.80 Å².